The molecule has 218 valence electrons. The lowest BCUT2D eigenvalue weighted by molar-refractivity contribution is -0.139. The van der Waals surface area contributed by atoms with Crippen molar-refractivity contribution in [2.75, 3.05) is 20.2 Å². The summed E-state index contributed by atoms with van der Waals surface area (Å²) in [6.45, 7) is 1.32. The van der Waals surface area contributed by atoms with Gasteiger partial charge in [-0.25, -0.2) is 9.07 Å². The van der Waals surface area contributed by atoms with Crippen LogP contribution in [-0.4, -0.2) is 64.0 Å². The van der Waals surface area contributed by atoms with Crippen LogP contribution in [0.1, 0.15) is 35.4 Å². The van der Waals surface area contributed by atoms with E-state index in [4.69, 9.17) is 4.74 Å². The minimum atomic E-state index is -0.588. The Morgan fingerprint density at radius 3 is 2.64 bits per heavy atom. The molecule has 2 fully saturated rings. The summed E-state index contributed by atoms with van der Waals surface area (Å²) in [5.41, 5.74) is 4.33. The first kappa shape index (κ1) is 27.8. The first-order valence-electron chi connectivity index (χ1n) is 14.4. The van der Waals surface area contributed by atoms with Crippen LogP contribution in [0.4, 0.5) is 4.39 Å². The maximum atomic E-state index is 14.5. The van der Waals surface area contributed by atoms with Crippen LogP contribution in [0.3, 0.4) is 0 Å². The fourth-order valence-corrected chi connectivity index (χ4v) is 6.33. The molecule has 3 aromatic carbocycles. The quantitative estimate of drug-likeness (QED) is 0.337. The van der Waals surface area contributed by atoms with Gasteiger partial charge in [0.05, 0.1) is 18.7 Å². The largest absolute Gasteiger partial charge is 0.497 e. The van der Waals surface area contributed by atoms with Gasteiger partial charge in [0, 0.05) is 32.6 Å². The number of hydrogen-bond acceptors (Lipinski definition) is 6. The molecular weight excluding hydrogens is 535 g/mol. The number of methoxy groups -OCH3 is 1. The van der Waals surface area contributed by atoms with Crippen molar-refractivity contribution in [2.45, 2.75) is 43.8 Å². The highest BCUT2D eigenvalue weighted by Gasteiger charge is 2.43. The van der Waals surface area contributed by atoms with Crippen LogP contribution in [0.15, 0.2) is 66.7 Å². The smallest absolute Gasteiger partial charge is 0.243 e. The van der Waals surface area contributed by atoms with E-state index in [1.165, 1.54) is 6.07 Å². The van der Waals surface area contributed by atoms with Crippen LogP contribution in [0.5, 0.6) is 5.75 Å². The topological polar surface area (TPSA) is 101 Å². The Morgan fingerprint density at radius 1 is 1.07 bits per heavy atom. The summed E-state index contributed by atoms with van der Waals surface area (Å²) in [6, 6.07) is 19.4. The second kappa shape index (κ2) is 11.9. The van der Waals surface area contributed by atoms with Gasteiger partial charge in [-0.1, -0.05) is 41.6 Å². The number of aryl methyl sites for hydroxylation is 1. The van der Waals surface area contributed by atoms with Crippen molar-refractivity contribution in [3.05, 3.63) is 89.2 Å². The van der Waals surface area contributed by atoms with Gasteiger partial charge in [0.2, 0.25) is 11.8 Å². The van der Waals surface area contributed by atoms with E-state index in [-0.39, 0.29) is 29.5 Å². The number of carbonyl (C=O) groups is 2. The zero-order valence-corrected chi connectivity index (χ0v) is 23.8. The van der Waals surface area contributed by atoms with Gasteiger partial charge >= 0.3 is 0 Å². The van der Waals surface area contributed by atoms with Gasteiger partial charge < -0.3 is 20.3 Å². The van der Waals surface area contributed by atoms with E-state index in [0.29, 0.717) is 38.0 Å². The third-order valence-electron chi connectivity index (χ3n) is 8.57. The minimum absolute atomic E-state index is 0.0962. The molecule has 4 aromatic rings. The third kappa shape index (κ3) is 5.72. The molecule has 6 rings (SSSR count). The van der Waals surface area contributed by atoms with Crippen LogP contribution in [0, 0.1) is 11.7 Å². The third-order valence-corrected chi connectivity index (χ3v) is 8.57. The molecule has 1 aromatic heterocycles. The number of aromatic nitrogens is 3. The predicted octanol–water partition coefficient (Wildman–Crippen LogP) is 3.34. The molecule has 2 aliphatic heterocycles. The fourth-order valence-electron chi connectivity index (χ4n) is 6.33. The van der Waals surface area contributed by atoms with E-state index in [1.807, 2.05) is 55.6 Å². The van der Waals surface area contributed by atoms with Gasteiger partial charge in [0.25, 0.3) is 0 Å². The number of nitrogens with one attached hydrogen (secondary N) is 2. The van der Waals surface area contributed by atoms with Crippen molar-refractivity contribution in [3.8, 4) is 5.75 Å². The molecule has 0 bridgehead atoms. The highest BCUT2D eigenvalue weighted by atomic mass is 19.1. The second-order valence-electron chi connectivity index (χ2n) is 11.3. The maximum Gasteiger partial charge on any atom is 0.243 e. The highest BCUT2D eigenvalue weighted by molar-refractivity contribution is 5.90. The van der Waals surface area contributed by atoms with Crippen LogP contribution in [0.25, 0.3) is 11.0 Å². The monoisotopic (exact) mass is 570 g/mol. The molecule has 4 atom stereocenters. The number of carbonyl (C=O) groups excluding carboxylic acids is 2. The van der Waals surface area contributed by atoms with Gasteiger partial charge in [-0.2, -0.15) is 0 Å². The Morgan fingerprint density at radius 2 is 1.86 bits per heavy atom. The van der Waals surface area contributed by atoms with E-state index in [2.05, 4.69) is 20.9 Å². The summed E-state index contributed by atoms with van der Waals surface area (Å²) in [5, 5.41) is 14.6. The lowest BCUT2D eigenvalue weighted by atomic mass is 9.95. The van der Waals surface area contributed by atoms with Crippen molar-refractivity contribution < 1.29 is 18.7 Å². The van der Waals surface area contributed by atoms with Crippen molar-refractivity contribution in [1.29, 1.82) is 0 Å². The lowest BCUT2D eigenvalue weighted by Crippen LogP contribution is -2.51. The molecule has 3 heterocycles. The standard InChI is InChI=1S/C32H35FN6O3/c1-38-29-12-9-21(14-27(29)36-37-38)17-35-31(40)30-15-22(13-20-7-10-24(42-2)11-8-20)19-39(30)32(41)28-16-23(18-34-28)25-5-3-4-6-26(25)33/h3-12,14,22-23,28,30,34H,13,15-19H2,1-2H3,(H,35,40). The zero-order chi connectivity index (χ0) is 29.2. The fraction of sp³-hybridized carbons (Fsp3) is 0.375. The van der Waals surface area contributed by atoms with E-state index in [9.17, 15) is 14.0 Å². The molecule has 0 aliphatic carbocycles. The number of likely N-dealkylation sites (tertiary alicyclic amines) is 1. The number of nitrogens with zero attached hydrogens (tertiary/aromatic N) is 4. The second-order valence-corrected chi connectivity index (χ2v) is 11.3. The highest BCUT2D eigenvalue weighted by Crippen LogP contribution is 2.32. The minimum Gasteiger partial charge on any atom is -0.497 e. The molecule has 0 spiro atoms. The van der Waals surface area contributed by atoms with Gasteiger partial charge in [-0.15, -0.1) is 5.10 Å². The molecule has 2 aliphatic rings. The van der Waals surface area contributed by atoms with E-state index >= 15 is 0 Å². The Hall–Kier alpha value is -4.31. The Kier molecular flexibility index (Phi) is 7.88. The molecule has 0 saturated carbocycles. The molecule has 9 nitrogen and oxygen atoms in total. The lowest BCUT2D eigenvalue weighted by Gasteiger charge is -2.27. The average Bonchev–Trinajstić information content (AvgIpc) is 3.75. The number of benzene rings is 3. The Balaban J connectivity index is 1.17. The van der Waals surface area contributed by atoms with Crippen LogP contribution >= 0.6 is 0 Å². The van der Waals surface area contributed by atoms with Gasteiger partial charge in [0.1, 0.15) is 23.1 Å². The summed E-state index contributed by atoms with van der Waals surface area (Å²) in [6.07, 6.45) is 1.80. The van der Waals surface area contributed by atoms with E-state index < -0.39 is 12.1 Å². The summed E-state index contributed by atoms with van der Waals surface area (Å²) in [5.74, 6) is 0.278. The Labute approximate surface area is 244 Å². The SMILES string of the molecule is COc1ccc(CC2CC(C(=O)NCc3ccc4c(c3)nnn4C)N(C(=O)C3CC(c4ccccc4F)CN3)C2)cc1. The molecule has 2 amide bonds. The van der Waals surface area contributed by atoms with Gasteiger partial charge in [0.15, 0.2) is 0 Å². The molecule has 42 heavy (non-hydrogen) atoms. The Bertz CT molecular complexity index is 1590. The predicted molar refractivity (Wildman–Crippen MR) is 156 cm³/mol. The van der Waals surface area contributed by atoms with Crippen molar-refractivity contribution in [2.24, 2.45) is 13.0 Å². The number of halogens is 1. The maximum absolute atomic E-state index is 14.5. The summed E-state index contributed by atoms with van der Waals surface area (Å²) >= 11 is 0. The first-order chi connectivity index (χ1) is 20.4. The van der Waals surface area contributed by atoms with Crippen molar-refractivity contribution in [1.82, 2.24) is 30.5 Å². The number of amides is 2. The molecular formula is C32H35FN6O3. The molecule has 2 N–H and O–H groups in total. The van der Waals surface area contributed by atoms with Crippen LogP contribution < -0.4 is 15.4 Å². The number of hydrogen-bond donors (Lipinski definition) is 2. The zero-order valence-electron chi connectivity index (χ0n) is 23.8. The molecule has 10 heteroatoms. The number of rotatable bonds is 8. The molecule has 4 unspecified atom stereocenters. The van der Waals surface area contributed by atoms with Crippen LogP contribution in [0.2, 0.25) is 0 Å². The van der Waals surface area contributed by atoms with Gasteiger partial charge in [-0.3, -0.25) is 9.59 Å². The van der Waals surface area contributed by atoms with Crippen molar-refractivity contribution in [3.63, 3.8) is 0 Å². The normalized spacial score (nSPS) is 22.0. The van der Waals surface area contributed by atoms with E-state index in [1.54, 1.807) is 28.8 Å². The number of ether oxygens (including phenoxy) is 1. The molecule has 0 radical (unpaired) electrons. The first-order valence-corrected chi connectivity index (χ1v) is 14.4. The van der Waals surface area contributed by atoms with Crippen molar-refractivity contribution >= 4 is 22.8 Å². The van der Waals surface area contributed by atoms with Crippen LogP contribution in [-0.2, 0) is 29.6 Å². The summed E-state index contributed by atoms with van der Waals surface area (Å²) < 4.78 is 21.5. The average molecular weight is 571 g/mol. The van der Waals surface area contributed by atoms with Gasteiger partial charge in [-0.05, 0) is 72.2 Å². The summed E-state index contributed by atoms with van der Waals surface area (Å²) in [7, 11) is 3.47. The van der Waals surface area contributed by atoms with E-state index in [0.717, 1.165) is 34.3 Å². The summed E-state index contributed by atoms with van der Waals surface area (Å²) in [4.78, 5) is 29.2. The number of fused-ring (bicyclic) bond motifs is 1. The molecule has 2 saturated heterocycles.